The average molecular weight is 290 g/mol. The van der Waals surface area contributed by atoms with Gasteiger partial charge in [-0.2, -0.15) is 0 Å². The molecule has 2 heterocycles. The third-order valence-electron chi connectivity index (χ3n) is 5.50. The molecule has 108 valence electrons. The monoisotopic (exact) mass is 290 g/mol. The highest BCUT2D eigenvalue weighted by molar-refractivity contribution is 7.12. The first-order chi connectivity index (χ1) is 9.81. The molecule has 0 N–H and O–H groups in total. The van der Waals surface area contributed by atoms with E-state index in [1.54, 1.807) is 11.3 Å². The van der Waals surface area contributed by atoms with Crippen LogP contribution in [0.25, 0.3) is 0 Å². The van der Waals surface area contributed by atoms with Crippen molar-refractivity contribution in [3.05, 3.63) is 22.4 Å². The maximum absolute atomic E-state index is 12.3. The molecule has 20 heavy (non-hydrogen) atoms. The molecule has 1 aromatic rings. The summed E-state index contributed by atoms with van der Waals surface area (Å²) in [5.74, 6) is 2.20. The molecule has 3 fully saturated rings. The molecule has 3 unspecified atom stereocenters. The van der Waals surface area contributed by atoms with E-state index in [4.69, 9.17) is 0 Å². The van der Waals surface area contributed by atoms with Crippen LogP contribution in [0.3, 0.4) is 0 Å². The predicted molar refractivity (Wildman–Crippen MR) is 81.0 cm³/mol. The Morgan fingerprint density at radius 3 is 2.60 bits per heavy atom. The molecule has 0 aromatic carbocycles. The molecule has 1 amide bonds. The molecule has 2 aliphatic carbocycles. The second kappa shape index (κ2) is 5.15. The van der Waals surface area contributed by atoms with Gasteiger partial charge in [0.05, 0.1) is 4.88 Å². The van der Waals surface area contributed by atoms with Crippen LogP contribution in [0.5, 0.6) is 0 Å². The average Bonchev–Trinajstić information content (AvgIpc) is 3.23. The van der Waals surface area contributed by atoms with Gasteiger partial charge in [-0.25, -0.2) is 0 Å². The molecule has 1 saturated heterocycles. The van der Waals surface area contributed by atoms with E-state index in [9.17, 15) is 4.79 Å². The number of piperazine rings is 1. The Kier molecular flexibility index (Phi) is 3.31. The van der Waals surface area contributed by atoms with Gasteiger partial charge in [-0.05, 0) is 42.5 Å². The van der Waals surface area contributed by atoms with Gasteiger partial charge < -0.3 is 4.90 Å². The number of rotatable bonds is 2. The highest BCUT2D eigenvalue weighted by atomic mass is 32.1. The lowest BCUT2D eigenvalue weighted by Gasteiger charge is -2.40. The van der Waals surface area contributed by atoms with Gasteiger partial charge in [0.2, 0.25) is 0 Å². The Hall–Kier alpha value is -0.870. The molecule has 3 atom stereocenters. The van der Waals surface area contributed by atoms with Gasteiger partial charge in [-0.1, -0.05) is 12.5 Å². The fourth-order valence-electron chi connectivity index (χ4n) is 4.47. The fraction of sp³-hybridized carbons (Fsp3) is 0.688. The van der Waals surface area contributed by atoms with Gasteiger partial charge in [0.1, 0.15) is 0 Å². The number of hydrogen-bond donors (Lipinski definition) is 0. The standard InChI is InChI=1S/C16H22N2OS/c19-16(15-2-1-9-20-15)18-7-5-17(6-8-18)14-11-12-3-4-13(14)10-12/h1-2,9,12-14H,3-8,10-11H2. The van der Waals surface area contributed by atoms with Gasteiger partial charge >= 0.3 is 0 Å². The molecule has 4 rings (SSSR count). The topological polar surface area (TPSA) is 23.6 Å². The van der Waals surface area contributed by atoms with Crippen molar-refractivity contribution in [2.75, 3.05) is 26.2 Å². The van der Waals surface area contributed by atoms with Crippen LogP contribution in [-0.2, 0) is 0 Å². The van der Waals surface area contributed by atoms with E-state index >= 15 is 0 Å². The third kappa shape index (κ3) is 2.19. The Morgan fingerprint density at radius 1 is 1.15 bits per heavy atom. The maximum atomic E-state index is 12.3. The Balaban J connectivity index is 1.35. The lowest BCUT2D eigenvalue weighted by atomic mass is 9.93. The fourth-order valence-corrected chi connectivity index (χ4v) is 5.16. The summed E-state index contributed by atoms with van der Waals surface area (Å²) in [7, 11) is 0. The molecular formula is C16H22N2OS. The third-order valence-corrected chi connectivity index (χ3v) is 6.36. The first kappa shape index (κ1) is 12.8. The zero-order valence-corrected chi connectivity index (χ0v) is 12.6. The van der Waals surface area contributed by atoms with Gasteiger partial charge in [0.25, 0.3) is 5.91 Å². The zero-order valence-electron chi connectivity index (χ0n) is 11.8. The van der Waals surface area contributed by atoms with E-state index in [0.29, 0.717) is 0 Å². The molecular weight excluding hydrogens is 268 g/mol. The van der Waals surface area contributed by atoms with Crippen LogP contribution in [0.2, 0.25) is 0 Å². The van der Waals surface area contributed by atoms with Gasteiger partial charge in [0, 0.05) is 32.2 Å². The van der Waals surface area contributed by atoms with E-state index in [0.717, 1.165) is 48.9 Å². The van der Waals surface area contributed by atoms with Crippen molar-refractivity contribution in [3.63, 3.8) is 0 Å². The quantitative estimate of drug-likeness (QED) is 0.836. The molecule has 2 bridgehead atoms. The summed E-state index contributed by atoms with van der Waals surface area (Å²) in [5.41, 5.74) is 0. The van der Waals surface area contributed by atoms with E-state index in [2.05, 4.69) is 4.90 Å². The first-order valence-electron chi connectivity index (χ1n) is 7.88. The van der Waals surface area contributed by atoms with Crippen LogP contribution in [0, 0.1) is 11.8 Å². The lowest BCUT2D eigenvalue weighted by molar-refractivity contribution is 0.0499. The maximum Gasteiger partial charge on any atom is 0.264 e. The van der Waals surface area contributed by atoms with Crippen molar-refractivity contribution in [1.29, 1.82) is 0 Å². The highest BCUT2D eigenvalue weighted by Gasteiger charge is 2.42. The van der Waals surface area contributed by atoms with Crippen LogP contribution < -0.4 is 0 Å². The number of fused-ring (bicyclic) bond motifs is 2. The summed E-state index contributed by atoms with van der Waals surface area (Å²) >= 11 is 1.56. The van der Waals surface area contributed by atoms with E-state index in [1.165, 1.54) is 25.7 Å². The van der Waals surface area contributed by atoms with Crippen LogP contribution in [0.4, 0.5) is 0 Å². The first-order valence-corrected chi connectivity index (χ1v) is 8.76. The summed E-state index contributed by atoms with van der Waals surface area (Å²) < 4.78 is 0. The number of amides is 1. The molecule has 4 heteroatoms. The predicted octanol–water partition coefficient (Wildman–Crippen LogP) is 2.69. The molecule has 3 nitrogen and oxygen atoms in total. The van der Waals surface area contributed by atoms with E-state index in [1.807, 2.05) is 22.4 Å². The summed E-state index contributed by atoms with van der Waals surface area (Å²) in [4.78, 5) is 17.9. The van der Waals surface area contributed by atoms with E-state index in [-0.39, 0.29) is 5.91 Å². The highest BCUT2D eigenvalue weighted by Crippen LogP contribution is 2.46. The second-order valence-corrected chi connectivity index (χ2v) is 7.50. The van der Waals surface area contributed by atoms with Crippen molar-refractivity contribution in [2.45, 2.75) is 31.7 Å². The van der Waals surface area contributed by atoms with Crippen molar-refractivity contribution < 1.29 is 4.79 Å². The van der Waals surface area contributed by atoms with E-state index < -0.39 is 0 Å². The van der Waals surface area contributed by atoms with Crippen LogP contribution in [0.1, 0.15) is 35.4 Å². The summed E-state index contributed by atoms with van der Waals surface area (Å²) in [6.45, 7) is 3.96. The molecule has 2 saturated carbocycles. The SMILES string of the molecule is O=C(c1cccs1)N1CCN(C2CC3CCC2C3)CC1. The lowest BCUT2D eigenvalue weighted by Crippen LogP contribution is -2.53. The van der Waals surface area contributed by atoms with Crippen molar-refractivity contribution in [1.82, 2.24) is 9.80 Å². The number of carbonyl (C=O) groups is 1. The second-order valence-electron chi connectivity index (χ2n) is 6.55. The van der Waals surface area contributed by atoms with Crippen molar-refractivity contribution in [2.24, 2.45) is 11.8 Å². The Morgan fingerprint density at radius 2 is 2.00 bits per heavy atom. The van der Waals surface area contributed by atoms with Crippen molar-refractivity contribution >= 4 is 17.2 Å². The normalized spacial score (nSPS) is 33.8. The van der Waals surface area contributed by atoms with Crippen molar-refractivity contribution in [3.8, 4) is 0 Å². The smallest absolute Gasteiger partial charge is 0.264 e. The zero-order chi connectivity index (χ0) is 13.5. The Bertz CT molecular complexity index is 479. The largest absolute Gasteiger partial charge is 0.335 e. The van der Waals surface area contributed by atoms with Gasteiger partial charge in [-0.15, -0.1) is 11.3 Å². The Labute approximate surface area is 124 Å². The number of thiophene rings is 1. The summed E-state index contributed by atoms with van der Waals surface area (Å²) in [5, 5.41) is 1.98. The molecule has 1 aliphatic heterocycles. The summed E-state index contributed by atoms with van der Waals surface area (Å²) in [6, 6.07) is 4.73. The van der Waals surface area contributed by atoms with Gasteiger partial charge in [0.15, 0.2) is 0 Å². The number of nitrogens with zero attached hydrogens (tertiary/aromatic N) is 2. The minimum atomic E-state index is 0.229. The number of hydrogen-bond acceptors (Lipinski definition) is 3. The van der Waals surface area contributed by atoms with Crippen LogP contribution >= 0.6 is 11.3 Å². The molecule has 0 radical (unpaired) electrons. The molecule has 3 aliphatic rings. The number of carbonyl (C=O) groups excluding carboxylic acids is 1. The summed E-state index contributed by atoms with van der Waals surface area (Å²) in [6.07, 6.45) is 5.81. The minimum absolute atomic E-state index is 0.229. The van der Waals surface area contributed by atoms with Crippen LogP contribution in [-0.4, -0.2) is 47.9 Å². The van der Waals surface area contributed by atoms with Gasteiger partial charge in [-0.3, -0.25) is 9.69 Å². The molecule has 1 aromatic heterocycles. The molecule has 0 spiro atoms. The van der Waals surface area contributed by atoms with Crippen LogP contribution in [0.15, 0.2) is 17.5 Å². The minimum Gasteiger partial charge on any atom is -0.335 e.